The molecule has 0 aromatic heterocycles. The number of rotatable bonds is 4. The number of benzene rings is 2. The summed E-state index contributed by atoms with van der Waals surface area (Å²) in [5.41, 5.74) is 5.44. The van der Waals surface area contributed by atoms with Crippen molar-refractivity contribution in [1.29, 1.82) is 0 Å². The molecule has 0 spiro atoms. The summed E-state index contributed by atoms with van der Waals surface area (Å²) >= 11 is 0. The van der Waals surface area contributed by atoms with Gasteiger partial charge >= 0.3 is 0 Å². The standard InChI is InChI=1S/C13H16N2O2S/c1-10(9-14)15-18(16,17)13-8-4-6-11-5-2-3-7-12(11)13/h2-8,10,15H,9,14H2,1H3. The predicted octanol–water partition coefficient (Wildman–Crippen LogP) is 1.47. The van der Waals surface area contributed by atoms with Gasteiger partial charge in [-0.1, -0.05) is 36.4 Å². The molecule has 0 aliphatic carbocycles. The number of sulfonamides is 1. The van der Waals surface area contributed by atoms with Crippen molar-refractivity contribution in [2.24, 2.45) is 5.73 Å². The van der Waals surface area contributed by atoms with Crippen LogP contribution in [0.3, 0.4) is 0 Å². The second kappa shape index (κ2) is 5.06. The van der Waals surface area contributed by atoms with Gasteiger partial charge in [0.05, 0.1) is 4.90 Å². The Labute approximate surface area is 107 Å². The number of fused-ring (bicyclic) bond motifs is 1. The van der Waals surface area contributed by atoms with Crippen LogP contribution in [0.15, 0.2) is 47.4 Å². The van der Waals surface area contributed by atoms with E-state index < -0.39 is 10.0 Å². The van der Waals surface area contributed by atoms with E-state index in [1.54, 1.807) is 25.1 Å². The summed E-state index contributed by atoms with van der Waals surface area (Å²) in [7, 11) is -3.53. The number of nitrogens with one attached hydrogen (secondary N) is 1. The quantitative estimate of drug-likeness (QED) is 0.878. The molecule has 1 unspecified atom stereocenters. The Bertz CT molecular complexity index is 648. The summed E-state index contributed by atoms with van der Waals surface area (Å²) in [5.74, 6) is 0. The SMILES string of the molecule is CC(CN)NS(=O)(=O)c1cccc2ccccc12. The van der Waals surface area contributed by atoms with E-state index >= 15 is 0 Å². The van der Waals surface area contributed by atoms with Crippen LogP contribution in [-0.2, 0) is 10.0 Å². The van der Waals surface area contributed by atoms with Crippen molar-refractivity contribution in [3.8, 4) is 0 Å². The molecule has 18 heavy (non-hydrogen) atoms. The van der Waals surface area contributed by atoms with Crippen LogP contribution in [0, 0.1) is 0 Å². The monoisotopic (exact) mass is 264 g/mol. The van der Waals surface area contributed by atoms with Crippen molar-refractivity contribution in [2.75, 3.05) is 6.54 Å². The second-order valence-electron chi connectivity index (χ2n) is 4.24. The Morgan fingerprint density at radius 3 is 2.56 bits per heavy atom. The fourth-order valence-corrected chi connectivity index (χ4v) is 3.29. The van der Waals surface area contributed by atoms with Gasteiger partial charge in [0, 0.05) is 18.0 Å². The minimum absolute atomic E-state index is 0.268. The van der Waals surface area contributed by atoms with Crippen LogP contribution in [0.25, 0.3) is 10.8 Å². The van der Waals surface area contributed by atoms with Gasteiger partial charge in [0.1, 0.15) is 0 Å². The summed E-state index contributed by atoms with van der Waals surface area (Å²) < 4.78 is 27.1. The van der Waals surface area contributed by atoms with Crippen molar-refractivity contribution >= 4 is 20.8 Å². The molecule has 0 aliphatic heterocycles. The Hall–Kier alpha value is -1.43. The van der Waals surface area contributed by atoms with Crippen molar-refractivity contribution in [2.45, 2.75) is 17.9 Å². The summed E-state index contributed by atoms with van der Waals surface area (Å²) in [5, 5.41) is 1.62. The molecule has 0 amide bonds. The molecule has 0 aliphatic rings. The molecule has 0 saturated heterocycles. The van der Waals surface area contributed by atoms with Gasteiger partial charge in [0.25, 0.3) is 0 Å². The second-order valence-corrected chi connectivity index (χ2v) is 5.92. The normalized spacial score (nSPS) is 13.7. The largest absolute Gasteiger partial charge is 0.329 e. The van der Waals surface area contributed by atoms with E-state index in [-0.39, 0.29) is 12.6 Å². The molecule has 96 valence electrons. The zero-order valence-electron chi connectivity index (χ0n) is 10.1. The maximum absolute atomic E-state index is 12.2. The molecule has 3 N–H and O–H groups in total. The summed E-state index contributed by atoms with van der Waals surface area (Å²) in [6, 6.07) is 12.4. The molecule has 2 rings (SSSR count). The van der Waals surface area contributed by atoms with E-state index in [0.29, 0.717) is 4.90 Å². The fraction of sp³-hybridized carbons (Fsp3) is 0.231. The Morgan fingerprint density at radius 2 is 1.83 bits per heavy atom. The van der Waals surface area contributed by atoms with Gasteiger partial charge in [-0.3, -0.25) is 0 Å². The van der Waals surface area contributed by atoms with E-state index in [2.05, 4.69) is 4.72 Å². The van der Waals surface area contributed by atoms with Crippen LogP contribution in [0.5, 0.6) is 0 Å². The Kier molecular flexibility index (Phi) is 3.65. The first-order chi connectivity index (χ1) is 8.54. The maximum atomic E-state index is 12.2. The van der Waals surface area contributed by atoms with E-state index in [1.165, 1.54) is 0 Å². The number of hydrogen-bond acceptors (Lipinski definition) is 3. The highest BCUT2D eigenvalue weighted by molar-refractivity contribution is 7.89. The topological polar surface area (TPSA) is 72.2 Å². The van der Waals surface area contributed by atoms with Crippen LogP contribution in [-0.4, -0.2) is 21.0 Å². The van der Waals surface area contributed by atoms with Crippen LogP contribution in [0.2, 0.25) is 0 Å². The first-order valence-electron chi connectivity index (χ1n) is 5.75. The van der Waals surface area contributed by atoms with Crippen molar-refractivity contribution in [1.82, 2.24) is 4.72 Å². The van der Waals surface area contributed by atoms with Crippen LogP contribution < -0.4 is 10.5 Å². The molecule has 0 saturated carbocycles. The lowest BCUT2D eigenvalue weighted by Crippen LogP contribution is -2.37. The predicted molar refractivity (Wildman–Crippen MR) is 72.8 cm³/mol. The van der Waals surface area contributed by atoms with Crippen LogP contribution in [0.1, 0.15) is 6.92 Å². The third-order valence-electron chi connectivity index (χ3n) is 2.75. The molecule has 2 aromatic rings. The molecule has 5 heteroatoms. The highest BCUT2D eigenvalue weighted by Crippen LogP contribution is 2.22. The molecule has 2 aromatic carbocycles. The molecule has 0 fully saturated rings. The zero-order chi connectivity index (χ0) is 13.2. The van der Waals surface area contributed by atoms with Crippen molar-refractivity contribution in [3.05, 3.63) is 42.5 Å². The Morgan fingerprint density at radius 1 is 1.17 bits per heavy atom. The average molecular weight is 264 g/mol. The lowest BCUT2D eigenvalue weighted by Gasteiger charge is -2.13. The van der Waals surface area contributed by atoms with Gasteiger partial charge in [0.2, 0.25) is 10.0 Å². The fourth-order valence-electron chi connectivity index (χ4n) is 1.81. The van der Waals surface area contributed by atoms with Gasteiger partial charge in [-0.05, 0) is 18.4 Å². The number of nitrogens with two attached hydrogens (primary N) is 1. The highest BCUT2D eigenvalue weighted by Gasteiger charge is 2.18. The van der Waals surface area contributed by atoms with Gasteiger partial charge in [0.15, 0.2) is 0 Å². The molecule has 4 nitrogen and oxygen atoms in total. The molecular formula is C13H16N2O2S. The van der Waals surface area contributed by atoms with Gasteiger partial charge in [-0.2, -0.15) is 0 Å². The van der Waals surface area contributed by atoms with Gasteiger partial charge in [-0.15, -0.1) is 0 Å². The van der Waals surface area contributed by atoms with E-state index in [1.807, 2.05) is 24.3 Å². The summed E-state index contributed by atoms with van der Waals surface area (Å²) in [6.07, 6.45) is 0. The smallest absolute Gasteiger partial charge is 0.241 e. The average Bonchev–Trinajstić information content (AvgIpc) is 2.37. The van der Waals surface area contributed by atoms with E-state index in [4.69, 9.17) is 5.73 Å². The van der Waals surface area contributed by atoms with E-state index in [9.17, 15) is 8.42 Å². The lowest BCUT2D eigenvalue weighted by molar-refractivity contribution is 0.563. The van der Waals surface area contributed by atoms with Gasteiger partial charge in [-0.25, -0.2) is 13.1 Å². The minimum atomic E-state index is -3.53. The molecule has 1 atom stereocenters. The molecular weight excluding hydrogens is 248 g/mol. The van der Waals surface area contributed by atoms with Crippen molar-refractivity contribution in [3.63, 3.8) is 0 Å². The first kappa shape index (κ1) is 13.0. The third kappa shape index (κ3) is 2.53. The van der Waals surface area contributed by atoms with Crippen LogP contribution >= 0.6 is 0 Å². The molecule has 0 radical (unpaired) electrons. The van der Waals surface area contributed by atoms with E-state index in [0.717, 1.165) is 10.8 Å². The van der Waals surface area contributed by atoms with Gasteiger partial charge < -0.3 is 5.73 Å². The highest BCUT2D eigenvalue weighted by atomic mass is 32.2. The first-order valence-corrected chi connectivity index (χ1v) is 7.23. The van der Waals surface area contributed by atoms with Crippen LogP contribution in [0.4, 0.5) is 0 Å². The third-order valence-corrected chi connectivity index (χ3v) is 4.40. The number of hydrogen-bond donors (Lipinski definition) is 2. The lowest BCUT2D eigenvalue weighted by atomic mass is 10.1. The summed E-state index contributed by atoms with van der Waals surface area (Å²) in [4.78, 5) is 0.293. The molecule has 0 bridgehead atoms. The minimum Gasteiger partial charge on any atom is -0.329 e. The maximum Gasteiger partial charge on any atom is 0.241 e. The Balaban J connectivity index is 2.54. The summed E-state index contributed by atoms with van der Waals surface area (Å²) in [6.45, 7) is 2.01. The van der Waals surface area contributed by atoms with Crippen molar-refractivity contribution < 1.29 is 8.42 Å². The molecule has 0 heterocycles. The zero-order valence-corrected chi connectivity index (χ0v) is 10.9.